The molecule has 1 N–H and O–H groups in total. The molecule has 3 aromatic carbocycles. The van der Waals surface area contributed by atoms with Crippen molar-refractivity contribution in [1.29, 1.82) is 0 Å². The summed E-state index contributed by atoms with van der Waals surface area (Å²) in [4.78, 5) is 13.0. The summed E-state index contributed by atoms with van der Waals surface area (Å²) in [6, 6.07) is 19.5. The number of methoxy groups -OCH3 is 1. The number of carbonyl (C=O) groups is 1. The molecule has 0 fully saturated rings. The third-order valence-electron chi connectivity index (χ3n) is 5.16. The second-order valence-electron chi connectivity index (χ2n) is 7.24. The van der Waals surface area contributed by atoms with Crippen LogP contribution in [-0.4, -0.2) is 13.0 Å². The Kier molecular flexibility index (Phi) is 7.12. The summed E-state index contributed by atoms with van der Waals surface area (Å²) in [7, 11) is 1.62. The fourth-order valence-electron chi connectivity index (χ4n) is 3.49. The summed E-state index contributed by atoms with van der Waals surface area (Å²) < 4.78 is 11.4. The first-order valence-corrected chi connectivity index (χ1v) is 10.3. The maximum Gasteiger partial charge on any atom is 0.255 e. The molecule has 0 aliphatic rings. The van der Waals surface area contributed by atoms with Crippen molar-refractivity contribution < 1.29 is 14.3 Å². The molecule has 3 aromatic rings. The van der Waals surface area contributed by atoms with Crippen LogP contribution < -0.4 is 14.8 Å². The molecule has 1 amide bonds. The van der Waals surface area contributed by atoms with E-state index in [4.69, 9.17) is 9.47 Å². The quantitative estimate of drug-likeness (QED) is 0.505. The highest BCUT2D eigenvalue weighted by Gasteiger charge is 2.14. The van der Waals surface area contributed by atoms with Gasteiger partial charge in [0.05, 0.1) is 7.11 Å². The molecule has 0 saturated heterocycles. The molecule has 156 valence electrons. The second-order valence-corrected chi connectivity index (χ2v) is 7.24. The van der Waals surface area contributed by atoms with Crippen LogP contribution >= 0.6 is 0 Å². The molecule has 0 aliphatic carbocycles. The van der Waals surface area contributed by atoms with E-state index in [-0.39, 0.29) is 5.91 Å². The second kappa shape index (κ2) is 9.97. The lowest BCUT2D eigenvalue weighted by Crippen LogP contribution is -2.15. The molecule has 0 heterocycles. The molecule has 4 heteroatoms. The van der Waals surface area contributed by atoms with Crippen molar-refractivity contribution in [1.82, 2.24) is 0 Å². The summed E-state index contributed by atoms with van der Waals surface area (Å²) in [6.45, 7) is 6.54. The van der Waals surface area contributed by atoms with Gasteiger partial charge in [-0.2, -0.15) is 0 Å². The van der Waals surface area contributed by atoms with Crippen LogP contribution in [0.4, 0.5) is 5.69 Å². The molecule has 0 atom stereocenters. The minimum Gasteiger partial charge on any atom is -0.496 e. The van der Waals surface area contributed by atoms with Gasteiger partial charge >= 0.3 is 0 Å². The maximum atomic E-state index is 13.0. The number of nitrogens with one attached hydrogen (secondary N) is 1. The van der Waals surface area contributed by atoms with E-state index in [1.165, 1.54) is 0 Å². The van der Waals surface area contributed by atoms with Crippen LogP contribution in [0.2, 0.25) is 0 Å². The fraction of sp³-hybridized carbons (Fsp3) is 0.269. The molecule has 0 unspecified atom stereocenters. The van der Waals surface area contributed by atoms with E-state index in [1.54, 1.807) is 13.2 Å². The average Bonchev–Trinajstić information content (AvgIpc) is 2.77. The molecular weight excluding hydrogens is 374 g/mol. The Labute approximate surface area is 178 Å². The molecule has 0 bridgehead atoms. The Morgan fingerprint density at radius 3 is 2.23 bits per heavy atom. The van der Waals surface area contributed by atoms with Crippen LogP contribution in [0.1, 0.15) is 46.5 Å². The van der Waals surface area contributed by atoms with E-state index in [1.807, 2.05) is 49.4 Å². The minimum atomic E-state index is -0.134. The Balaban J connectivity index is 1.83. The molecule has 30 heavy (non-hydrogen) atoms. The molecule has 3 rings (SSSR count). The number of rotatable bonds is 8. The summed E-state index contributed by atoms with van der Waals surface area (Å²) in [5, 5.41) is 3.12. The van der Waals surface area contributed by atoms with Crippen molar-refractivity contribution in [2.45, 2.75) is 40.2 Å². The largest absolute Gasteiger partial charge is 0.496 e. The van der Waals surface area contributed by atoms with Crippen molar-refractivity contribution in [3.8, 4) is 11.5 Å². The Morgan fingerprint density at radius 1 is 0.900 bits per heavy atom. The number of ether oxygens (including phenoxy) is 2. The van der Waals surface area contributed by atoms with Crippen molar-refractivity contribution in [3.05, 3.63) is 88.5 Å². The summed E-state index contributed by atoms with van der Waals surface area (Å²) in [6.07, 6.45) is 1.73. The number of anilines is 1. The Hall–Kier alpha value is -3.27. The van der Waals surface area contributed by atoms with E-state index in [0.717, 1.165) is 46.5 Å². The first kappa shape index (κ1) is 21.4. The van der Waals surface area contributed by atoms with Crippen LogP contribution in [0, 0.1) is 6.92 Å². The van der Waals surface area contributed by atoms with Crippen molar-refractivity contribution in [2.75, 3.05) is 12.4 Å². The van der Waals surface area contributed by atoms with Gasteiger partial charge in [0, 0.05) is 16.8 Å². The summed E-state index contributed by atoms with van der Waals surface area (Å²) in [5.74, 6) is 1.35. The lowest BCUT2D eigenvalue weighted by molar-refractivity contribution is 0.102. The normalized spacial score (nSPS) is 10.5. The van der Waals surface area contributed by atoms with Gasteiger partial charge in [-0.05, 0) is 66.8 Å². The number of benzene rings is 3. The predicted molar refractivity (Wildman–Crippen MR) is 122 cm³/mol. The third kappa shape index (κ3) is 5.01. The zero-order chi connectivity index (χ0) is 21.5. The molecule has 0 spiro atoms. The van der Waals surface area contributed by atoms with Gasteiger partial charge in [-0.1, -0.05) is 44.2 Å². The van der Waals surface area contributed by atoms with E-state index >= 15 is 0 Å². The molecule has 0 aliphatic heterocycles. The highest BCUT2D eigenvalue weighted by Crippen LogP contribution is 2.26. The fourth-order valence-corrected chi connectivity index (χ4v) is 3.49. The van der Waals surface area contributed by atoms with E-state index in [9.17, 15) is 4.79 Å². The average molecular weight is 404 g/mol. The van der Waals surface area contributed by atoms with Gasteiger partial charge in [0.1, 0.15) is 18.1 Å². The molecular formula is C26H29NO3. The van der Waals surface area contributed by atoms with Crippen molar-refractivity contribution >= 4 is 11.6 Å². The van der Waals surface area contributed by atoms with Crippen molar-refractivity contribution in [3.63, 3.8) is 0 Å². The summed E-state index contributed by atoms with van der Waals surface area (Å²) in [5.41, 5.74) is 5.73. The zero-order valence-electron chi connectivity index (χ0n) is 18.1. The zero-order valence-corrected chi connectivity index (χ0v) is 18.1. The standard InChI is InChI=1S/C26H29NO3/c1-5-19-10-8-11-20(6-2)25(19)27-26(28)21-13-14-24(29-4)22(16-21)17-30-23-12-7-9-18(3)15-23/h7-16H,5-6,17H2,1-4H3,(H,27,28). The van der Waals surface area contributed by atoms with Gasteiger partial charge in [-0.15, -0.1) is 0 Å². The van der Waals surface area contributed by atoms with Gasteiger partial charge in [0.25, 0.3) is 5.91 Å². The number of hydrogen-bond acceptors (Lipinski definition) is 3. The monoisotopic (exact) mass is 403 g/mol. The summed E-state index contributed by atoms with van der Waals surface area (Å²) >= 11 is 0. The number of hydrogen-bond donors (Lipinski definition) is 1. The predicted octanol–water partition coefficient (Wildman–Crippen LogP) is 5.96. The smallest absolute Gasteiger partial charge is 0.255 e. The van der Waals surface area contributed by atoms with Gasteiger partial charge < -0.3 is 14.8 Å². The van der Waals surface area contributed by atoms with Gasteiger partial charge in [-0.3, -0.25) is 4.79 Å². The van der Waals surface area contributed by atoms with Gasteiger partial charge in [0.2, 0.25) is 0 Å². The SMILES string of the molecule is CCc1cccc(CC)c1NC(=O)c1ccc(OC)c(COc2cccc(C)c2)c1. The molecule has 0 aromatic heterocycles. The highest BCUT2D eigenvalue weighted by molar-refractivity contribution is 6.05. The number of carbonyl (C=O) groups excluding carboxylic acids is 1. The van der Waals surface area contributed by atoms with Gasteiger partial charge in [0.15, 0.2) is 0 Å². The number of para-hydroxylation sites is 1. The van der Waals surface area contributed by atoms with Crippen LogP contribution in [-0.2, 0) is 19.4 Å². The lowest BCUT2D eigenvalue weighted by Gasteiger charge is -2.16. The lowest BCUT2D eigenvalue weighted by atomic mass is 10.0. The van der Waals surface area contributed by atoms with Crippen LogP contribution in [0.3, 0.4) is 0 Å². The van der Waals surface area contributed by atoms with Crippen LogP contribution in [0.25, 0.3) is 0 Å². The molecule has 0 radical (unpaired) electrons. The van der Waals surface area contributed by atoms with Crippen molar-refractivity contribution in [2.24, 2.45) is 0 Å². The highest BCUT2D eigenvalue weighted by atomic mass is 16.5. The molecule has 4 nitrogen and oxygen atoms in total. The third-order valence-corrected chi connectivity index (χ3v) is 5.16. The number of aryl methyl sites for hydroxylation is 3. The van der Waals surface area contributed by atoms with E-state index in [0.29, 0.717) is 17.9 Å². The number of amides is 1. The topological polar surface area (TPSA) is 47.6 Å². The first-order chi connectivity index (χ1) is 14.5. The van der Waals surface area contributed by atoms with Gasteiger partial charge in [-0.25, -0.2) is 0 Å². The van der Waals surface area contributed by atoms with E-state index < -0.39 is 0 Å². The van der Waals surface area contributed by atoms with Crippen LogP contribution in [0.5, 0.6) is 11.5 Å². The van der Waals surface area contributed by atoms with Crippen LogP contribution in [0.15, 0.2) is 60.7 Å². The maximum absolute atomic E-state index is 13.0. The Morgan fingerprint density at radius 2 is 1.60 bits per heavy atom. The minimum absolute atomic E-state index is 0.134. The molecule has 0 saturated carbocycles. The Bertz CT molecular complexity index is 1000. The van der Waals surface area contributed by atoms with E-state index in [2.05, 4.69) is 31.3 Å². The first-order valence-electron chi connectivity index (χ1n) is 10.3.